The highest BCUT2D eigenvalue weighted by Crippen LogP contribution is 2.37. The summed E-state index contributed by atoms with van der Waals surface area (Å²) in [5, 5.41) is 15.6. The van der Waals surface area contributed by atoms with Gasteiger partial charge < -0.3 is 19.5 Å². The second-order valence-corrected chi connectivity index (χ2v) is 9.28. The Balaban J connectivity index is 1.34. The van der Waals surface area contributed by atoms with Crippen LogP contribution in [-0.2, 0) is 20.3 Å². The fourth-order valence-electron chi connectivity index (χ4n) is 4.56. The van der Waals surface area contributed by atoms with Crippen LogP contribution in [0.25, 0.3) is 22.2 Å². The van der Waals surface area contributed by atoms with E-state index in [-0.39, 0.29) is 6.10 Å². The summed E-state index contributed by atoms with van der Waals surface area (Å²) < 4.78 is 14.1. The molecule has 1 N–H and O–H groups in total. The van der Waals surface area contributed by atoms with Crippen molar-refractivity contribution >= 4 is 16.6 Å². The van der Waals surface area contributed by atoms with Crippen molar-refractivity contribution in [3.05, 3.63) is 102 Å². The van der Waals surface area contributed by atoms with Crippen LogP contribution in [0.2, 0.25) is 0 Å². The normalized spacial score (nSPS) is 13.5. The second kappa shape index (κ2) is 9.95. The lowest BCUT2D eigenvalue weighted by Gasteiger charge is -2.37. The highest BCUT2D eigenvalue weighted by atomic mass is 16.5. The van der Waals surface area contributed by atoms with Gasteiger partial charge in [-0.3, -0.25) is 4.68 Å². The first-order chi connectivity index (χ1) is 18.1. The lowest BCUT2D eigenvalue weighted by atomic mass is 10.1. The first-order valence-corrected chi connectivity index (χ1v) is 12.4. The standard InChI is InChI=1S/C30H28N4O3/c1-33-27-16-23(34-17-24(35)18-34)12-13-25(27)29(32-33)26-14-15-28(36-19-21-8-4-2-5-9-21)31-30(26)37-20-22-10-6-3-7-11-22/h2-16,24,35H,17-20H2,1H3. The molecule has 0 atom stereocenters. The van der Waals surface area contributed by atoms with Gasteiger partial charge in [0.05, 0.1) is 17.2 Å². The average Bonchev–Trinajstić information content (AvgIpc) is 3.25. The summed E-state index contributed by atoms with van der Waals surface area (Å²) in [5.41, 5.74) is 5.82. The monoisotopic (exact) mass is 492 g/mol. The number of aliphatic hydroxyl groups is 1. The molecule has 1 aliphatic heterocycles. The topological polar surface area (TPSA) is 72.6 Å². The maximum Gasteiger partial charge on any atom is 0.226 e. The molecule has 186 valence electrons. The Morgan fingerprint density at radius 1 is 0.838 bits per heavy atom. The van der Waals surface area contributed by atoms with Crippen molar-refractivity contribution in [1.82, 2.24) is 14.8 Å². The minimum absolute atomic E-state index is 0.254. The van der Waals surface area contributed by atoms with Crippen LogP contribution in [0.15, 0.2) is 91.0 Å². The molecular weight excluding hydrogens is 464 g/mol. The van der Waals surface area contributed by atoms with Crippen molar-refractivity contribution < 1.29 is 14.6 Å². The van der Waals surface area contributed by atoms with Crippen LogP contribution in [0.3, 0.4) is 0 Å². The smallest absolute Gasteiger partial charge is 0.226 e. The van der Waals surface area contributed by atoms with Gasteiger partial charge in [-0.15, -0.1) is 0 Å². The second-order valence-electron chi connectivity index (χ2n) is 9.28. The first-order valence-electron chi connectivity index (χ1n) is 12.4. The van der Waals surface area contributed by atoms with E-state index in [4.69, 9.17) is 19.6 Å². The third kappa shape index (κ3) is 4.86. The minimum Gasteiger partial charge on any atom is -0.473 e. The van der Waals surface area contributed by atoms with Gasteiger partial charge in [0.1, 0.15) is 18.9 Å². The molecule has 1 fully saturated rings. The Hall–Kier alpha value is -4.36. The quantitative estimate of drug-likeness (QED) is 0.330. The lowest BCUT2D eigenvalue weighted by molar-refractivity contribution is 0.142. The molecule has 0 spiro atoms. The predicted octanol–water partition coefficient (Wildman–Crippen LogP) is 4.97. The Bertz CT molecular complexity index is 1510. The zero-order valence-corrected chi connectivity index (χ0v) is 20.6. The molecule has 0 amide bonds. The number of ether oxygens (including phenoxy) is 2. The van der Waals surface area contributed by atoms with Gasteiger partial charge in [-0.1, -0.05) is 60.7 Å². The molecule has 0 bridgehead atoms. The molecule has 3 heterocycles. The summed E-state index contributed by atoms with van der Waals surface area (Å²) in [6, 6.07) is 30.2. The van der Waals surface area contributed by atoms with Gasteiger partial charge in [-0.2, -0.15) is 10.1 Å². The van der Waals surface area contributed by atoms with Crippen molar-refractivity contribution in [1.29, 1.82) is 0 Å². The van der Waals surface area contributed by atoms with Crippen LogP contribution in [0.5, 0.6) is 11.8 Å². The van der Waals surface area contributed by atoms with Crippen molar-refractivity contribution in [2.75, 3.05) is 18.0 Å². The summed E-state index contributed by atoms with van der Waals surface area (Å²) >= 11 is 0. The molecule has 3 aromatic carbocycles. The molecule has 0 unspecified atom stereocenters. The van der Waals surface area contributed by atoms with Gasteiger partial charge in [-0.25, -0.2) is 0 Å². The fraction of sp³-hybridized carbons (Fsp3) is 0.200. The summed E-state index contributed by atoms with van der Waals surface area (Å²) in [4.78, 5) is 6.90. The van der Waals surface area contributed by atoms with E-state index >= 15 is 0 Å². The first kappa shape index (κ1) is 23.1. The highest BCUT2D eigenvalue weighted by Gasteiger charge is 2.25. The highest BCUT2D eigenvalue weighted by molar-refractivity contribution is 5.96. The summed E-state index contributed by atoms with van der Waals surface area (Å²) in [6.07, 6.45) is -0.254. The van der Waals surface area contributed by atoms with Gasteiger partial charge in [-0.05, 0) is 35.4 Å². The number of benzene rings is 3. The van der Waals surface area contributed by atoms with E-state index in [9.17, 15) is 5.11 Å². The number of hydrogen-bond acceptors (Lipinski definition) is 6. The number of hydrogen-bond donors (Lipinski definition) is 1. The van der Waals surface area contributed by atoms with Crippen LogP contribution in [0, 0.1) is 0 Å². The van der Waals surface area contributed by atoms with E-state index in [1.165, 1.54) is 0 Å². The van der Waals surface area contributed by atoms with Crippen molar-refractivity contribution in [3.63, 3.8) is 0 Å². The average molecular weight is 493 g/mol. The predicted molar refractivity (Wildman–Crippen MR) is 144 cm³/mol. The van der Waals surface area contributed by atoms with Gasteiger partial charge in [0.25, 0.3) is 0 Å². The molecule has 0 aliphatic carbocycles. The minimum atomic E-state index is -0.254. The van der Waals surface area contributed by atoms with Crippen LogP contribution in [-0.4, -0.2) is 39.1 Å². The molecule has 5 aromatic rings. The number of aryl methyl sites for hydroxylation is 1. The van der Waals surface area contributed by atoms with E-state index < -0.39 is 0 Å². The van der Waals surface area contributed by atoms with Crippen molar-refractivity contribution in [2.24, 2.45) is 7.05 Å². The Morgan fingerprint density at radius 3 is 2.19 bits per heavy atom. The number of pyridine rings is 1. The van der Waals surface area contributed by atoms with Crippen LogP contribution < -0.4 is 14.4 Å². The summed E-state index contributed by atoms with van der Waals surface area (Å²) in [6.45, 7) is 2.12. The van der Waals surface area contributed by atoms with Gasteiger partial charge in [0.2, 0.25) is 11.8 Å². The van der Waals surface area contributed by atoms with Crippen LogP contribution in [0.4, 0.5) is 5.69 Å². The van der Waals surface area contributed by atoms with E-state index in [1.807, 2.05) is 84.5 Å². The maximum atomic E-state index is 9.70. The summed E-state index contributed by atoms with van der Waals surface area (Å²) in [5.74, 6) is 0.971. The SMILES string of the molecule is Cn1nc(-c2ccc(OCc3ccccc3)nc2OCc2ccccc2)c2ccc(N3CC(O)C3)cc21. The Morgan fingerprint density at radius 2 is 1.51 bits per heavy atom. The number of rotatable bonds is 8. The van der Waals surface area contributed by atoms with Crippen LogP contribution >= 0.6 is 0 Å². The lowest BCUT2D eigenvalue weighted by Crippen LogP contribution is -2.50. The molecule has 2 aromatic heterocycles. The molecule has 7 heteroatoms. The van der Waals surface area contributed by atoms with Crippen molar-refractivity contribution in [3.8, 4) is 23.0 Å². The van der Waals surface area contributed by atoms with E-state index in [0.717, 1.165) is 39.0 Å². The van der Waals surface area contributed by atoms with E-state index in [0.29, 0.717) is 38.1 Å². The van der Waals surface area contributed by atoms with E-state index in [1.54, 1.807) is 0 Å². The number of anilines is 1. The van der Waals surface area contributed by atoms with Crippen LogP contribution in [0.1, 0.15) is 11.1 Å². The number of nitrogens with zero attached hydrogens (tertiary/aromatic N) is 4. The molecular formula is C30H28N4O3. The van der Waals surface area contributed by atoms with Gasteiger partial charge in [0, 0.05) is 37.3 Å². The molecule has 37 heavy (non-hydrogen) atoms. The van der Waals surface area contributed by atoms with Gasteiger partial charge >= 0.3 is 0 Å². The summed E-state index contributed by atoms with van der Waals surface area (Å²) in [7, 11) is 1.94. The number of β-amino-alcohol motifs (C(OH)–C–C–N with tert-alkyl or cyclic N) is 1. The van der Waals surface area contributed by atoms with Gasteiger partial charge in [0.15, 0.2) is 0 Å². The third-order valence-corrected chi connectivity index (χ3v) is 6.60. The number of fused-ring (bicyclic) bond motifs is 1. The molecule has 0 radical (unpaired) electrons. The zero-order valence-electron chi connectivity index (χ0n) is 20.6. The Kier molecular flexibility index (Phi) is 6.20. The largest absolute Gasteiger partial charge is 0.473 e. The molecule has 7 nitrogen and oxygen atoms in total. The Labute approximate surface area is 215 Å². The third-order valence-electron chi connectivity index (χ3n) is 6.60. The number of aromatic nitrogens is 3. The maximum absolute atomic E-state index is 9.70. The molecule has 6 rings (SSSR count). The zero-order chi connectivity index (χ0) is 25.2. The molecule has 0 saturated carbocycles. The fourth-order valence-corrected chi connectivity index (χ4v) is 4.56. The van der Waals surface area contributed by atoms with Crippen molar-refractivity contribution in [2.45, 2.75) is 19.3 Å². The van der Waals surface area contributed by atoms with E-state index in [2.05, 4.69) is 23.1 Å². The number of aliphatic hydroxyl groups excluding tert-OH is 1. The molecule has 1 saturated heterocycles. The molecule has 1 aliphatic rings.